The van der Waals surface area contributed by atoms with Crippen molar-refractivity contribution in [3.8, 4) is 0 Å². The quantitative estimate of drug-likeness (QED) is 0.496. The van der Waals surface area contributed by atoms with Crippen LogP contribution < -0.4 is 5.56 Å². The van der Waals surface area contributed by atoms with Gasteiger partial charge in [0.25, 0.3) is 11.2 Å². The summed E-state index contributed by atoms with van der Waals surface area (Å²) >= 11 is 0. The highest BCUT2D eigenvalue weighted by molar-refractivity contribution is 6.06. The zero-order chi connectivity index (χ0) is 18.5. The molecule has 2 aromatic heterocycles. The van der Waals surface area contributed by atoms with E-state index >= 15 is 0 Å². The predicted octanol–water partition coefficient (Wildman–Crippen LogP) is 2.58. The maximum atomic E-state index is 12.6. The summed E-state index contributed by atoms with van der Waals surface area (Å²) in [5.41, 5.74) is -1.00. The molecule has 0 amide bonds. The van der Waals surface area contributed by atoms with E-state index in [0.29, 0.717) is 10.9 Å². The molecule has 0 aliphatic heterocycles. The number of nitro benzene ring substituents is 1. The van der Waals surface area contributed by atoms with Crippen LogP contribution >= 0.6 is 0 Å². The molecule has 0 unspecified atom stereocenters. The second kappa shape index (κ2) is 5.40. The summed E-state index contributed by atoms with van der Waals surface area (Å²) in [4.78, 5) is 39.7. The van der Waals surface area contributed by atoms with Crippen LogP contribution in [0, 0.1) is 10.1 Å². The fraction of sp³-hybridized carbons (Fsp3) is 0.312. The van der Waals surface area contributed by atoms with Crippen LogP contribution in [0.4, 0.5) is 10.5 Å². The maximum absolute atomic E-state index is 12.6. The van der Waals surface area contributed by atoms with Crippen molar-refractivity contribution in [2.75, 3.05) is 0 Å². The minimum Gasteiger partial charge on any atom is -0.442 e. The van der Waals surface area contributed by atoms with E-state index in [1.165, 1.54) is 30.1 Å². The van der Waals surface area contributed by atoms with Crippen molar-refractivity contribution in [1.29, 1.82) is 0 Å². The smallest absolute Gasteiger partial charge is 0.436 e. The first-order valence-corrected chi connectivity index (χ1v) is 7.49. The molecular weight excluding hydrogens is 328 g/mol. The molecule has 9 nitrogen and oxygen atoms in total. The lowest BCUT2D eigenvalue weighted by Gasteiger charge is -2.19. The fourth-order valence-electron chi connectivity index (χ4n) is 2.71. The molecule has 0 aliphatic rings. The van der Waals surface area contributed by atoms with E-state index in [-0.39, 0.29) is 16.6 Å². The second-order valence-corrected chi connectivity index (χ2v) is 6.57. The number of ether oxygens (including phenoxy) is 1. The van der Waals surface area contributed by atoms with E-state index in [4.69, 9.17) is 4.74 Å². The zero-order valence-electron chi connectivity index (χ0n) is 14.1. The van der Waals surface area contributed by atoms with Crippen molar-refractivity contribution in [2.24, 2.45) is 7.05 Å². The average Bonchev–Trinajstić information content (AvgIpc) is 2.76. The maximum Gasteiger partial charge on any atom is 0.436 e. The number of carbonyl (C=O) groups excluding carboxylic acids is 1. The summed E-state index contributed by atoms with van der Waals surface area (Å²) in [5, 5.41) is 11.8. The van der Waals surface area contributed by atoms with Crippen LogP contribution in [-0.4, -0.2) is 31.0 Å². The molecule has 0 saturated heterocycles. The third-order valence-corrected chi connectivity index (χ3v) is 3.66. The van der Waals surface area contributed by atoms with Crippen molar-refractivity contribution in [1.82, 2.24) is 14.3 Å². The molecule has 3 rings (SSSR count). The number of hydrogen-bond donors (Lipinski definition) is 0. The Bertz CT molecular complexity index is 1090. The van der Waals surface area contributed by atoms with Gasteiger partial charge in [0.1, 0.15) is 11.1 Å². The van der Waals surface area contributed by atoms with Crippen LogP contribution in [0.3, 0.4) is 0 Å². The number of aromatic nitrogens is 3. The molecule has 130 valence electrons. The molecule has 0 bridgehead atoms. The van der Waals surface area contributed by atoms with Gasteiger partial charge in [0.05, 0.1) is 15.8 Å². The van der Waals surface area contributed by atoms with Crippen LogP contribution in [0.15, 0.2) is 29.2 Å². The fourth-order valence-corrected chi connectivity index (χ4v) is 2.71. The molecule has 9 heteroatoms. The van der Waals surface area contributed by atoms with Crippen LogP contribution in [0.25, 0.3) is 21.8 Å². The monoisotopic (exact) mass is 344 g/mol. The first-order chi connectivity index (χ1) is 11.6. The Hall–Kier alpha value is -3.23. The predicted molar refractivity (Wildman–Crippen MR) is 90.8 cm³/mol. The van der Waals surface area contributed by atoms with Gasteiger partial charge in [-0.15, -0.1) is 4.68 Å². The summed E-state index contributed by atoms with van der Waals surface area (Å²) in [6.07, 6.45) is 0.420. The zero-order valence-corrected chi connectivity index (χ0v) is 14.1. The van der Waals surface area contributed by atoms with Gasteiger partial charge in [-0.25, -0.2) is 9.78 Å². The molecule has 0 atom stereocenters. The van der Waals surface area contributed by atoms with Crippen LogP contribution in [0.5, 0.6) is 0 Å². The van der Waals surface area contributed by atoms with Gasteiger partial charge in [0, 0.05) is 24.7 Å². The number of aryl methyl sites for hydroxylation is 1. The highest BCUT2D eigenvalue weighted by Gasteiger charge is 2.25. The van der Waals surface area contributed by atoms with Gasteiger partial charge in [-0.05, 0) is 20.8 Å². The number of benzene rings is 1. The molecule has 0 N–H and O–H groups in total. The average molecular weight is 344 g/mol. The number of non-ortho nitro benzene ring substituents is 1. The number of nitro groups is 1. The minimum absolute atomic E-state index is 0.150. The standard InChI is InChI=1S/C16H16N4O5/c1-16(2,3)25-15(22)19-14(21)10-8-17-12-9(13(10)18(19)4)6-5-7-11(12)20(23)24/h5-8H,1-4H3. The molecule has 25 heavy (non-hydrogen) atoms. The number of para-hydroxylation sites is 1. The van der Waals surface area contributed by atoms with E-state index in [1.54, 1.807) is 26.8 Å². The van der Waals surface area contributed by atoms with Crippen molar-refractivity contribution in [2.45, 2.75) is 26.4 Å². The number of pyridine rings is 1. The summed E-state index contributed by atoms with van der Waals surface area (Å²) in [5.74, 6) is 0. The van der Waals surface area contributed by atoms with Gasteiger partial charge < -0.3 is 4.74 Å². The largest absolute Gasteiger partial charge is 0.442 e. The molecular formula is C16H16N4O5. The third-order valence-electron chi connectivity index (χ3n) is 3.66. The van der Waals surface area contributed by atoms with Crippen molar-refractivity contribution in [3.05, 3.63) is 44.9 Å². The number of hydrogen-bond acceptors (Lipinski definition) is 6. The summed E-state index contributed by atoms with van der Waals surface area (Å²) < 4.78 is 7.45. The Labute approximate surface area is 141 Å². The van der Waals surface area contributed by atoms with E-state index in [9.17, 15) is 19.7 Å². The van der Waals surface area contributed by atoms with Gasteiger partial charge in [-0.3, -0.25) is 19.6 Å². The number of carbonyl (C=O) groups is 1. The van der Waals surface area contributed by atoms with Gasteiger partial charge >= 0.3 is 6.09 Å². The number of nitrogens with zero attached hydrogens (tertiary/aromatic N) is 4. The first kappa shape index (κ1) is 16.6. The van der Waals surface area contributed by atoms with E-state index in [1.807, 2.05) is 0 Å². The highest BCUT2D eigenvalue weighted by Crippen LogP contribution is 2.28. The molecule has 2 heterocycles. The topological polar surface area (TPSA) is 109 Å². The number of rotatable bonds is 1. The lowest BCUT2D eigenvalue weighted by molar-refractivity contribution is -0.383. The lowest BCUT2D eigenvalue weighted by atomic mass is 10.1. The van der Waals surface area contributed by atoms with Crippen LogP contribution in [0.2, 0.25) is 0 Å². The van der Waals surface area contributed by atoms with Crippen molar-refractivity contribution >= 4 is 33.6 Å². The van der Waals surface area contributed by atoms with Gasteiger partial charge in [0.15, 0.2) is 0 Å². The van der Waals surface area contributed by atoms with Gasteiger partial charge in [-0.1, -0.05) is 12.1 Å². The van der Waals surface area contributed by atoms with E-state index in [2.05, 4.69) is 4.98 Å². The molecule has 0 saturated carbocycles. The highest BCUT2D eigenvalue weighted by atomic mass is 16.6. The molecule has 3 aromatic rings. The van der Waals surface area contributed by atoms with Crippen LogP contribution in [-0.2, 0) is 11.8 Å². The Morgan fingerprint density at radius 3 is 2.56 bits per heavy atom. The molecule has 0 aliphatic carbocycles. The first-order valence-electron chi connectivity index (χ1n) is 7.49. The molecule has 0 spiro atoms. The Morgan fingerprint density at radius 2 is 1.96 bits per heavy atom. The third kappa shape index (κ3) is 2.63. The van der Waals surface area contributed by atoms with E-state index < -0.39 is 22.2 Å². The molecule has 0 fully saturated rings. The summed E-state index contributed by atoms with van der Waals surface area (Å²) in [6, 6.07) is 4.47. The normalized spacial score (nSPS) is 11.8. The Balaban J connectivity index is 2.36. The van der Waals surface area contributed by atoms with Crippen LogP contribution in [0.1, 0.15) is 20.8 Å². The van der Waals surface area contributed by atoms with E-state index in [0.717, 1.165) is 4.68 Å². The van der Waals surface area contributed by atoms with Crippen molar-refractivity contribution in [3.63, 3.8) is 0 Å². The second-order valence-electron chi connectivity index (χ2n) is 6.57. The Kier molecular flexibility index (Phi) is 3.59. The van der Waals surface area contributed by atoms with Gasteiger partial charge in [-0.2, -0.15) is 0 Å². The number of fused-ring (bicyclic) bond motifs is 3. The summed E-state index contributed by atoms with van der Waals surface area (Å²) in [6.45, 7) is 5.08. The molecule has 1 aromatic carbocycles. The SMILES string of the molecule is Cn1c2c(cnc3c([N+](=O)[O-])cccc32)c(=O)n1C(=O)OC(C)(C)C. The summed E-state index contributed by atoms with van der Waals surface area (Å²) in [7, 11) is 1.52. The Morgan fingerprint density at radius 1 is 1.28 bits per heavy atom. The lowest BCUT2D eigenvalue weighted by Crippen LogP contribution is -2.35. The van der Waals surface area contributed by atoms with Crippen molar-refractivity contribution < 1.29 is 14.5 Å². The molecule has 0 radical (unpaired) electrons. The van der Waals surface area contributed by atoms with Gasteiger partial charge in [0.2, 0.25) is 0 Å². The minimum atomic E-state index is -0.824.